The van der Waals surface area contributed by atoms with E-state index in [0.717, 1.165) is 0 Å². The van der Waals surface area contributed by atoms with Gasteiger partial charge in [0.15, 0.2) is 5.78 Å². The van der Waals surface area contributed by atoms with Gasteiger partial charge in [0.2, 0.25) is 0 Å². The Morgan fingerprint density at radius 1 is 1.20 bits per heavy atom. The summed E-state index contributed by atoms with van der Waals surface area (Å²) in [5.74, 6) is -1.08. The van der Waals surface area contributed by atoms with Crippen LogP contribution in [0, 0.1) is 17.1 Å². The average molecular weight is 337 g/mol. The third-order valence-electron chi connectivity index (χ3n) is 3.33. The highest BCUT2D eigenvalue weighted by Gasteiger charge is 2.10. The second-order valence-corrected chi connectivity index (χ2v) is 5.27. The number of Topliss-reactive ketones (excluding diaryl/α,β-unsaturated/α-hetero) is 1. The number of anilines is 1. The van der Waals surface area contributed by atoms with Gasteiger partial charge < -0.3 is 10.6 Å². The maximum absolute atomic E-state index is 13.1. The molecule has 0 aliphatic rings. The Labute approximate surface area is 144 Å². The Bertz CT molecular complexity index is 869. The SMILES string of the molecule is CC(=O)c1cccc(NC(=O)/C(C#N)=C\NCc2cccc(F)c2)c1. The van der Waals surface area contributed by atoms with E-state index in [4.69, 9.17) is 5.26 Å². The first-order chi connectivity index (χ1) is 12.0. The molecule has 0 atom stereocenters. The lowest BCUT2D eigenvalue weighted by Crippen LogP contribution is -2.17. The van der Waals surface area contributed by atoms with Crippen molar-refractivity contribution in [3.63, 3.8) is 0 Å². The van der Waals surface area contributed by atoms with Crippen LogP contribution >= 0.6 is 0 Å². The van der Waals surface area contributed by atoms with Gasteiger partial charge in [-0.3, -0.25) is 9.59 Å². The third kappa shape index (κ3) is 5.29. The molecule has 0 heterocycles. The van der Waals surface area contributed by atoms with Crippen molar-refractivity contribution < 1.29 is 14.0 Å². The molecule has 0 aliphatic carbocycles. The fraction of sp³-hybridized carbons (Fsp3) is 0.105. The molecule has 0 aromatic heterocycles. The standard InChI is InChI=1S/C19H16FN3O2/c1-13(24)15-5-3-7-18(9-15)23-19(25)16(10-21)12-22-11-14-4-2-6-17(20)8-14/h2-9,12,22H,11H2,1H3,(H,23,25)/b16-12-. The lowest BCUT2D eigenvalue weighted by Gasteiger charge is -2.06. The highest BCUT2D eigenvalue weighted by molar-refractivity contribution is 6.07. The summed E-state index contributed by atoms with van der Waals surface area (Å²) >= 11 is 0. The van der Waals surface area contributed by atoms with Gasteiger partial charge in [0.1, 0.15) is 17.5 Å². The van der Waals surface area contributed by atoms with E-state index >= 15 is 0 Å². The molecule has 6 heteroatoms. The summed E-state index contributed by atoms with van der Waals surface area (Å²) in [6, 6.07) is 14.2. The number of carbonyl (C=O) groups excluding carboxylic acids is 2. The van der Waals surface area contributed by atoms with E-state index < -0.39 is 5.91 Å². The largest absolute Gasteiger partial charge is 0.386 e. The second-order valence-electron chi connectivity index (χ2n) is 5.27. The first kappa shape index (κ1) is 17.9. The minimum atomic E-state index is -0.602. The van der Waals surface area contributed by atoms with Gasteiger partial charge in [-0.25, -0.2) is 4.39 Å². The van der Waals surface area contributed by atoms with Gasteiger partial charge in [0.05, 0.1) is 0 Å². The van der Waals surface area contributed by atoms with Crippen LogP contribution in [0.3, 0.4) is 0 Å². The smallest absolute Gasteiger partial charge is 0.267 e. The molecule has 2 rings (SSSR count). The number of nitrogens with one attached hydrogen (secondary N) is 2. The normalized spacial score (nSPS) is 10.7. The van der Waals surface area contributed by atoms with Gasteiger partial charge in [0, 0.05) is 24.0 Å². The third-order valence-corrected chi connectivity index (χ3v) is 3.33. The number of amides is 1. The molecule has 126 valence electrons. The Morgan fingerprint density at radius 3 is 2.64 bits per heavy atom. The summed E-state index contributed by atoms with van der Waals surface area (Å²) in [7, 11) is 0. The summed E-state index contributed by atoms with van der Waals surface area (Å²) in [6.45, 7) is 1.70. The summed E-state index contributed by atoms with van der Waals surface area (Å²) in [6.07, 6.45) is 1.27. The minimum absolute atomic E-state index is 0.121. The van der Waals surface area contributed by atoms with Crippen LogP contribution in [0.4, 0.5) is 10.1 Å². The quantitative estimate of drug-likeness (QED) is 0.482. The van der Waals surface area contributed by atoms with Crippen LogP contribution in [-0.2, 0) is 11.3 Å². The van der Waals surface area contributed by atoms with Gasteiger partial charge in [-0.1, -0.05) is 24.3 Å². The van der Waals surface area contributed by atoms with E-state index in [1.165, 1.54) is 31.3 Å². The van der Waals surface area contributed by atoms with Crippen molar-refractivity contribution in [1.82, 2.24) is 5.32 Å². The molecule has 0 aliphatic heterocycles. The maximum Gasteiger partial charge on any atom is 0.267 e. The number of rotatable bonds is 6. The topological polar surface area (TPSA) is 82.0 Å². The van der Waals surface area contributed by atoms with Crippen molar-refractivity contribution in [2.24, 2.45) is 0 Å². The Kier molecular flexibility index (Phi) is 6.02. The van der Waals surface area contributed by atoms with Gasteiger partial charge >= 0.3 is 0 Å². The fourth-order valence-electron chi connectivity index (χ4n) is 2.08. The van der Waals surface area contributed by atoms with E-state index in [9.17, 15) is 14.0 Å². The molecule has 0 bridgehead atoms. The Hall–Kier alpha value is -3.46. The van der Waals surface area contributed by atoms with Crippen molar-refractivity contribution in [1.29, 1.82) is 5.26 Å². The van der Waals surface area contributed by atoms with E-state index in [0.29, 0.717) is 16.8 Å². The molecule has 0 fully saturated rings. The first-order valence-corrected chi connectivity index (χ1v) is 7.50. The van der Waals surface area contributed by atoms with Crippen molar-refractivity contribution in [2.45, 2.75) is 13.5 Å². The van der Waals surface area contributed by atoms with Crippen molar-refractivity contribution in [3.8, 4) is 6.07 Å². The summed E-state index contributed by atoms with van der Waals surface area (Å²) in [5, 5.41) is 14.5. The van der Waals surface area contributed by atoms with Crippen LogP contribution in [0.25, 0.3) is 0 Å². The van der Waals surface area contributed by atoms with Gasteiger partial charge in [-0.15, -0.1) is 0 Å². The zero-order valence-corrected chi connectivity index (χ0v) is 13.5. The number of nitriles is 1. The number of halogens is 1. The number of carbonyl (C=O) groups is 2. The first-order valence-electron chi connectivity index (χ1n) is 7.50. The molecule has 0 saturated carbocycles. The molecule has 0 saturated heterocycles. The molecule has 2 aromatic rings. The van der Waals surface area contributed by atoms with Gasteiger partial charge in [0.25, 0.3) is 5.91 Å². The Balaban J connectivity index is 2.02. The molecule has 0 unspecified atom stereocenters. The Morgan fingerprint density at radius 2 is 1.96 bits per heavy atom. The number of benzene rings is 2. The fourth-order valence-corrected chi connectivity index (χ4v) is 2.08. The monoisotopic (exact) mass is 337 g/mol. The zero-order valence-electron chi connectivity index (χ0n) is 13.5. The van der Waals surface area contributed by atoms with E-state index in [1.54, 1.807) is 36.4 Å². The number of hydrogen-bond donors (Lipinski definition) is 2. The second kappa shape index (κ2) is 8.41. The van der Waals surface area contributed by atoms with Crippen LogP contribution in [0.2, 0.25) is 0 Å². The van der Waals surface area contributed by atoms with Crippen molar-refractivity contribution >= 4 is 17.4 Å². The molecule has 0 spiro atoms. The summed E-state index contributed by atoms with van der Waals surface area (Å²) in [4.78, 5) is 23.5. The van der Waals surface area contributed by atoms with Crippen molar-refractivity contribution in [2.75, 3.05) is 5.32 Å². The minimum Gasteiger partial charge on any atom is -0.386 e. The molecule has 2 aromatic carbocycles. The predicted octanol–water partition coefficient (Wildman–Crippen LogP) is 3.16. The molecule has 25 heavy (non-hydrogen) atoms. The number of ketones is 1. The van der Waals surface area contributed by atoms with Crippen LogP contribution < -0.4 is 10.6 Å². The van der Waals surface area contributed by atoms with Gasteiger partial charge in [-0.2, -0.15) is 5.26 Å². The van der Waals surface area contributed by atoms with Crippen LogP contribution in [0.5, 0.6) is 0 Å². The highest BCUT2D eigenvalue weighted by Crippen LogP contribution is 2.12. The lowest BCUT2D eigenvalue weighted by molar-refractivity contribution is -0.112. The zero-order chi connectivity index (χ0) is 18.2. The van der Waals surface area contributed by atoms with E-state index in [2.05, 4.69) is 10.6 Å². The lowest BCUT2D eigenvalue weighted by atomic mass is 10.1. The van der Waals surface area contributed by atoms with Crippen molar-refractivity contribution in [3.05, 3.63) is 77.2 Å². The van der Waals surface area contributed by atoms with Crippen LogP contribution in [-0.4, -0.2) is 11.7 Å². The molecular weight excluding hydrogens is 321 g/mol. The summed E-state index contributed by atoms with van der Waals surface area (Å²) < 4.78 is 13.1. The summed E-state index contributed by atoms with van der Waals surface area (Å²) in [5.41, 5.74) is 1.43. The van der Waals surface area contributed by atoms with Crippen LogP contribution in [0.15, 0.2) is 60.3 Å². The van der Waals surface area contributed by atoms with E-state index in [-0.39, 0.29) is 23.7 Å². The predicted molar refractivity (Wildman–Crippen MR) is 92.0 cm³/mol. The molecule has 2 N–H and O–H groups in total. The maximum atomic E-state index is 13.1. The number of nitrogens with zero attached hydrogens (tertiary/aromatic N) is 1. The molecule has 0 radical (unpaired) electrons. The average Bonchev–Trinajstić information content (AvgIpc) is 2.59. The van der Waals surface area contributed by atoms with E-state index in [1.807, 2.05) is 0 Å². The number of hydrogen-bond acceptors (Lipinski definition) is 4. The van der Waals surface area contributed by atoms with Gasteiger partial charge in [-0.05, 0) is 36.8 Å². The van der Waals surface area contributed by atoms with Crippen LogP contribution in [0.1, 0.15) is 22.8 Å². The highest BCUT2D eigenvalue weighted by atomic mass is 19.1. The molecule has 5 nitrogen and oxygen atoms in total. The molecular formula is C19H16FN3O2. The molecule has 1 amide bonds.